The predicted octanol–water partition coefficient (Wildman–Crippen LogP) is 5.23. The second-order valence-electron chi connectivity index (χ2n) is 3.63. The molecule has 0 atom stereocenters. The lowest BCUT2D eigenvalue weighted by atomic mass is 10.0. The van der Waals surface area contributed by atoms with E-state index in [1.54, 1.807) is 5.56 Å². The van der Waals surface area contributed by atoms with Gasteiger partial charge < -0.3 is 0 Å². The molecule has 15 heavy (non-hydrogen) atoms. The Morgan fingerprint density at radius 2 is 1.47 bits per heavy atom. The maximum absolute atomic E-state index is 2.29. The quantitative estimate of drug-likeness (QED) is 0.590. The molecule has 86 valence electrons. The first-order chi connectivity index (χ1) is 7.27. The highest BCUT2D eigenvalue weighted by Gasteiger charge is 2.24. The number of rotatable bonds is 1. The summed E-state index contributed by atoms with van der Waals surface area (Å²) in [5.74, 6) is 0.899. The molecule has 0 unspecified atom stereocenters. The summed E-state index contributed by atoms with van der Waals surface area (Å²) in [4.78, 5) is 0. The number of benzene rings is 1. The molecule has 1 saturated carbocycles. The normalized spacial score (nSPS) is 13.2. The number of aryl methyl sites for hydroxylation is 2. The SMILES string of the molecule is CC.CC.Cc1ccc(C2CC2)c(C)c1. The maximum atomic E-state index is 2.29. The van der Waals surface area contributed by atoms with Crippen LogP contribution in [0.5, 0.6) is 0 Å². The average molecular weight is 206 g/mol. The van der Waals surface area contributed by atoms with Crippen molar-refractivity contribution in [3.05, 3.63) is 34.9 Å². The van der Waals surface area contributed by atoms with Gasteiger partial charge in [-0.05, 0) is 43.7 Å². The third-order valence-electron chi connectivity index (χ3n) is 2.44. The van der Waals surface area contributed by atoms with Crippen LogP contribution in [0.2, 0.25) is 0 Å². The molecule has 0 saturated heterocycles. The zero-order valence-corrected chi connectivity index (χ0v) is 11.2. The van der Waals surface area contributed by atoms with Gasteiger partial charge in [-0.1, -0.05) is 51.5 Å². The molecule has 0 bridgehead atoms. The molecular formula is C15H26. The van der Waals surface area contributed by atoms with Crippen LogP contribution >= 0.6 is 0 Å². The van der Waals surface area contributed by atoms with Crippen LogP contribution in [0.15, 0.2) is 18.2 Å². The molecule has 1 aliphatic carbocycles. The van der Waals surface area contributed by atoms with E-state index in [0.717, 1.165) is 5.92 Å². The summed E-state index contributed by atoms with van der Waals surface area (Å²) in [5, 5.41) is 0. The molecule has 1 aliphatic rings. The van der Waals surface area contributed by atoms with Crippen LogP contribution in [0.3, 0.4) is 0 Å². The Labute approximate surface area is 95.7 Å². The van der Waals surface area contributed by atoms with Crippen molar-refractivity contribution in [1.82, 2.24) is 0 Å². The standard InChI is InChI=1S/C11H14.2C2H6/c1-8-3-6-11(9(2)7-8)10-4-5-10;2*1-2/h3,6-7,10H,4-5H2,1-2H3;2*1-2H3. The first kappa shape index (κ1) is 14.2. The fraction of sp³-hybridized carbons (Fsp3) is 0.600. The Morgan fingerprint density at radius 1 is 0.933 bits per heavy atom. The molecule has 2 rings (SSSR count). The summed E-state index contributed by atoms with van der Waals surface area (Å²) in [6.45, 7) is 12.4. The lowest BCUT2D eigenvalue weighted by molar-refractivity contribution is 1.09. The van der Waals surface area contributed by atoms with Gasteiger partial charge in [-0.2, -0.15) is 0 Å². The molecule has 0 N–H and O–H groups in total. The van der Waals surface area contributed by atoms with Crippen molar-refractivity contribution in [2.75, 3.05) is 0 Å². The van der Waals surface area contributed by atoms with Gasteiger partial charge in [0.15, 0.2) is 0 Å². The van der Waals surface area contributed by atoms with Gasteiger partial charge in [0.05, 0.1) is 0 Å². The van der Waals surface area contributed by atoms with E-state index in [-0.39, 0.29) is 0 Å². The summed E-state index contributed by atoms with van der Waals surface area (Å²) in [6, 6.07) is 6.80. The van der Waals surface area contributed by atoms with Crippen molar-refractivity contribution >= 4 is 0 Å². The fourth-order valence-corrected chi connectivity index (χ4v) is 1.68. The lowest BCUT2D eigenvalue weighted by Crippen LogP contribution is -1.85. The van der Waals surface area contributed by atoms with Crippen LogP contribution in [-0.2, 0) is 0 Å². The van der Waals surface area contributed by atoms with Crippen LogP contribution in [0.1, 0.15) is 63.1 Å². The van der Waals surface area contributed by atoms with E-state index < -0.39 is 0 Å². The number of hydrogen-bond donors (Lipinski definition) is 0. The zero-order valence-electron chi connectivity index (χ0n) is 11.2. The van der Waals surface area contributed by atoms with E-state index in [1.807, 2.05) is 27.7 Å². The van der Waals surface area contributed by atoms with Crippen molar-refractivity contribution in [3.63, 3.8) is 0 Å². The zero-order chi connectivity index (χ0) is 11.8. The Kier molecular flexibility index (Phi) is 7.11. The van der Waals surface area contributed by atoms with Gasteiger partial charge in [0.2, 0.25) is 0 Å². The predicted molar refractivity (Wildman–Crippen MR) is 70.6 cm³/mol. The third-order valence-corrected chi connectivity index (χ3v) is 2.44. The van der Waals surface area contributed by atoms with E-state index in [4.69, 9.17) is 0 Å². The minimum absolute atomic E-state index is 0.899. The first-order valence-corrected chi connectivity index (χ1v) is 6.34. The van der Waals surface area contributed by atoms with Gasteiger partial charge in [0.1, 0.15) is 0 Å². The molecular weight excluding hydrogens is 180 g/mol. The van der Waals surface area contributed by atoms with Crippen LogP contribution in [0.4, 0.5) is 0 Å². The van der Waals surface area contributed by atoms with Gasteiger partial charge in [-0.3, -0.25) is 0 Å². The van der Waals surface area contributed by atoms with Gasteiger partial charge >= 0.3 is 0 Å². The summed E-state index contributed by atoms with van der Waals surface area (Å²) < 4.78 is 0. The van der Waals surface area contributed by atoms with Crippen molar-refractivity contribution < 1.29 is 0 Å². The highest BCUT2D eigenvalue weighted by Crippen LogP contribution is 2.41. The second kappa shape index (κ2) is 7.50. The average Bonchev–Trinajstić information content (AvgIpc) is 3.08. The monoisotopic (exact) mass is 206 g/mol. The highest BCUT2D eigenvalue weighted by molar-refractivity contribution is 5.35. The Balaban J connectivity index is 0.000000442. The van der Waals surface area contributed by atoms with Crippen LogP contribution in [0, 0.1) is 13.8 Å². The molecule has 0 spiro atoms. The minimum atomic E-state index is 0.899. The Hall–Kier alpha value is -0.780. The van der Waals surface area contributed by atoms with E-state index in [9.17, 15) is 0 Å². The van der Waals surface area contributed by atoms with E-state index >= 15 is 0 Å². The first-order valence-electron chi connectivity index (χ1n) is 6.34. The Bertz CT molecular complexity index is 269. The second-order valence-corrected chi connectivity index (χ2v) is 3.63. The molecule has 1 aromatic carbocycles. The van der Waals surface area contributed by atoms with Crippen LogP contribution in [-0.4, -0.2) is 0 Å². The third kappa shape index (κ3) is 4.51. The lowest BCUT2D eigenvalue weighted by Gasteiger charge is -2.03. The summed E-state index contributed by atoms with van der Waals surface area (Å²) in [7, 11) is 0. The minimum Gasteiger partial charge on any atom is -0.0683 e. The fourth-order valence-electron chi connectivity index (χ4n) is 1.68. The largest absolute Gasteiger partial charge is 0.0683 e. The van der Waals surface area contributed by atoms with E-state index in [0.29, 0.717) is 0 Å². The molecule has 0 heterocycles. The molecule has 1 fully saturated rings. The maximum Gasteiger partial charge on any atom is -0.0159 e. The summed E-state index contributed by atoms with van der Waals surface area (Å²) in [6.07, 6.45) is 2.81. The molecule has 0 heteroatoms. The van der Waals surface area contributed by atoms with Gasteiger partial charge in [0, 0.05) is 0 Å². The molecule has 0 radical (unpaired) electrons. The molecule has 0 nitrogen and oxygen atoms in total. The van der Waals surface area contributed by atoms with E-state index in [2.05, 4.69) is 32.0 Å². The number of hydrogen-bond acceptors (Lipinski definition) is 0. The molecule has 1 aromatic rings. The molecule has 0 aromatic heterocycles. The van der Waals surface area contributed by atoms with Crippen molar-refractivity contribution in [2.45, 2.75) is 60.3 Å². The van der Waals surface area contributed by atoms with Gasteiger partial charge in [-0.15, -0.1) is 0 Å². The van der Waals surface area contributed by atoms with Crippen LogP contribution in [0.25, 0.3) is 0 Å². The summed E-state index contributed by atoms with van der Waals surface area (Å²) in [5.41, 5.74) is 4.44. The van der Waals surface area contributed by atoms with Gasteiger partial charge in [-0.25, -0.2) is 0 Å². The topological polar surface area (TPSA) is 0 Å². The summed E-state index contributed by atoms with van der Waals surface area (Å²) >= 11 is 0. The molecule has 0 amide bonds. The van der Waals surface area contributed by atoms with Crippen LogP contribution < -0.4 is 0 Å². The van der Waals surface area contributed by atoms with E-state index in [1.165, 1.54) is 24.0 Å². The van der Waals surface area contributed by atoms with Gasteiger partial charge in [0.25, 0.3) is 0 Å². The molecule has 0 aliphatic heterocycles. The smallest absolute Gasteiger partial charge is 0.0159 e. The van der Waals surface area contributed by atoms with Crippen molar-refractivity contribution in [1.29, 1.82) is 0 Å². The van der Waals surface area contributed by atoms with Crippen molar-refractivity contribution in [3.8, 4) is 0 Å². The highest BCUT2D eigenvalue weighted by atomic mass is 14.3. The Morgan fingerprint density at radius 3 is 1.87 bits per heavy atom. The van der Waals surface area contributed by atoms with Crippen molar-refractivity contribution in [2.24, 2.45) is 0 Å².